The van der Waals surface area contributed by atoms with Crippen molar-refractivity contribution in [1.29, 1.82) is 0 Å². The van der Waals surface area contributed by atoms with E-state index in [2.05, 4.69) is 24.0 Å². The zero-order chi connectivity index (χ0) is 11.8. The molecule has 0 N–H and O–H groups in total. The van der Waals surface area contributed by atoms with Gasteiger partial charge in [-0.1, -0.05) is 35.9 Å². The lowest BCUT2D eigenvalue weighted by atomic mass is 10.1. The van der Waals surface area contributed by atoms with Crippen LogP contribution in [0.25, 0.3) is 16.9 Å². The molecular weight excluding hydrogens is 232 g/mol. The van der Waals surface area contributed by atoms with Crippen LogP contribution in [0.5, 0.6) is 0 Å². The molecule has 0 radical (unpaired) electrons. The molecule has 0 bridgehead atoms. The lowest BCUT2D eigenvalue weighted by Gasteiger charge is -2.05. The number of fused-ring (bicyclic) bond motifs is 1. The van der Waals surface area contributed by atoms with E-state index in [0.29, 0.717) is 5.02 Å². The molecule has 0 saturated carbocycles. The molecule has 3 rings (SSSR count). The third-order valence-electron chi connectivity index (χ3n) is 2.91. The Morgan fingerprint density at radius 3 is 2.76 bits per heavy atom. The van der Waals surface area contributed by atoms with Crippen molar-refractivity contribution in [2.45, 2.75) is 6.92 Å². The Morgan fingerprint density at radius 1 is 1.12 bits per heavy atom. The highest BCUT2D eigenvalue weighted by atomic mass is 35.5. The average molecular weight is 243 g/mol. The molecule has 1 aromatic carbocycles. The van der Waals surface area contributed by atoms with Crippen LogP contribution in [0.15, 0.2) is 48.8 Å². The van der Waals surface area contributed by atoms with Crippen molar-refractivity contribution in [3.05, 3.63) is 59.4 Å². The molecule has 17 heavy (non-hydrogen) atoms. The minimum Gasteiger partial charge on any atom is -0.298 e. The average Bonchev–Trinajstić information content (AvgIpc) is 2.75. The fraction of sp³-hybridized carbons (Fsp3) is 0.0714. The number of hydrogen-bond donors (Lipinski definition) is 0. The van der Waals surface area contributed by atoms with Crippen LogP contribution in [0.3, 0.4) is 0 Å². The van der Waals surface area contributed by atoms with Gasteiger partial charge in [0, 0.05) is 11.8 Å². The molecule has 0 fully saturated rings. The molecule has 0 unspecified atom stereocenters. The van der Waals surface area contributed by atoms with Crippen LogP contribution in [-0.2, 0) is 0 Å². The fourth-order valence-electron chi connectivity index (χ4n) is 2.04. The summed E-state index contributed by atoms with van der Waals surface area (Å²) in [6, 6.07) is 12.0. The topological polar surface area (TPSA) is 17.3 Å². The third kappa shape index (κ3) is 1.61. The molecule has 3 heteroatoms. The SMILES string of the molecule is Cc1ccccc1-c1cnc2c(Cl)cccn12. The monoisotopic (exact) mass is 242 g/mol. The summed E-state index contributed by atoms with van der Waals surface area (Å²) in [6.07, 6.45) is 3.85. The number of nitrogens with zero attached hydrogens (tertiary/aromatic N) is 2. The lowest BCUT2D eigenvalue weighted by Crippen LogP contribution is -1.89. The summed E-state index contributed by atoms with van der Waals surface area (Å²) in [5.41, 5.74) is 4.28. The van der Waals surface area contributed by atoms with Crippen molar-refractivity contribution >= 4 is 17.2 Å². The van der Waals surface area contributed by atoms with Crippen molar-refractivity contribution in [3.8, 4) is 11.3 Å². The molecule has 0 aliphatic rings. The van der Waals surface area contributed by atoms with Gasteiger partial charge >= 0.3 is 0 Å². The first-order chi connectivity index (χ1) is 8.27. The van der Waals surface area contributed by atoms with Gasteiger partial charge < -0.3 is 0 Å². The summed E-state index contributed by atoms with van der Waals surface area (Å²) in [7, 11) is 0. The van der Waals surface area contributed by atoms with E-state index >= 15 is 0 Å². The van der Waals surface area contributed by atoms with Crippen LogP contribution < -0.4 is 0 Å². The van der Waals surface area contributed by atoms with Gasteiger partial charge in [0.25, 0.3) is 0 Å². The van der Waals surface area contributed by atoms with E-state index in [4.69, 9.17) is 11.6 Å². The van der Waals surface area contributed by atoms with Crippen molar-refractivity contribution < 1.29 is 0 Å². The number of aromatic nitrogens is 2. The number of imidazole rings is 1. The van der Waals surface area contributed by atoms with E-state index in [1.165, 1.54) is 11.1 Å². The highest BCUT2D eigenvalue weighted by molar-refractivity contribution is 6.33. The summed E-state index contributed by atoms with van der Waals surface area (Å²) in [5.74, 6) is 0. The fourth-order valence-corrected chi connectivity index (χ4v) is 2.25. The highest BCUT2D eigenvalue weighted by Crippen LogP contribution is 2.26. The van der Waals surface area contributed by atoms with Crippen LogP contribution in [-0.4, -0.2) is 9.38 Å². The van der Waals surface area contributed by atoms with E-state index in [0.717, 1.165) is 11.3 Å². The Bertz CT molecular complexity index is 686. The molecule has 2 nitrogen and oxygen atoms in total. The van der Waals surface area contributed by atoms with Crippen molar-refractivity contribution in [1.82, 2.24) is 9.38 Å². The number of pyridine rings is 1. The maximum Gasteiger partial charge on any atom is 0.156 e. The highest BCUT2D eigenvalue weighted by Gasteiger charge is 2.09. The van der Waals surface area contributed by atoms with E-state index < -0.39 is 0 Å². The standard InChI is InChI=1S/C14H11ClN2/c1-10-5-2-3-6-11(10)13-9-16-14-12(15)7-4-8-17(13)14/h2-9H,1H3. The molecule has 3 aromatic rings. The molecule has 0 aliphatic heterocycles. The molecule has 0 spiro atoms. The Kier molecular flexibility index (Phi) is 2.37. The molecular formula is C14H11ClN2. The molecule has 0 amide bonds. The van der Waals surface area contributed by atoms with Crippen LogP contribution in [0.2, 0.25) is 5.02 Å². The minimum atomic E-state index is 0.673. The number of benzene rings is 1. The van der Waals surface area contributed by atoms with Gasteiger partial charge in [0.1, 0.15) is 0 Å². The Hall–Kier alpha value is -1.80. The van der Waals surface area contributed by atoms with Gasteiger partial charge in [0.15, 0.2) is 5.65 Å². The van der Waals surface area contributed by atoms with Gasteiger partial charge in [-0.2, -0.15) is 0 Å². The normalized spacial score (nSPS) is 10.9. The van der Waals surface area contributed by atoms with Gasteiger partial charge in [-0.25, -0.2) is 4.98 Å². The largest absolute Gasteiger partial charge is 0.298 e. The molecule has 2 heterocycles. The summed E-state index contributed by atoms with van der Waals surface area (Å²) in [4.78, 5) is 4.37. The van der Waals surface area contributed by atoms with Crippen LogP contribution in [0, 0.1) is 6.92 Å². The number of aryl methyl sites for hydroxylation is 1. The molecule has 0 aliphatic carbocycles. The Balaban J connectivity index is 2.33. The number of rotatable bonds is 1. The molecule has 0 atom stereocenters. The lowest BCUT2D eigenvalue weighted by molar-refractivity contribution is 1.19. The number of halogens is 1. The van der Waals surface area contributed by atoms with E-state index in [-0.39, 0.29) is 0 Å². The zero-order valence-electron chi connectivity index (χ0n) is 9.39. The van der Waals surface area contributed by atoms with Crippen molar-refractivity contribution in [3.63, 3.8) is 0 Å². The predicted octanol–water partition coefficient (Wildman–Crippen LogP) is 3.96. The summed E-state index contributed by atoms with van der Waals surface area (Å²) in [5, 5.41) is 0.673. The summed E-state index contributed by atoms with van der Waals surface area (Å²) < 4.78 is 2.02. The van der Waals surface area contributed by atoms with Gasteiger partial charge in [-0.05, 0) is 24.6 Å². The third-order valence-corrected chi connectivity index (χ3v) is 3.20. The molecule has 2 aromatic heterocycles. The van der Waals surface area contributed by atoms with Gasteiger partial charge in [-0.3, -0.25) is 4.40 Å². The second-order valence-electron chi connectivity index (χ2n) is 4.01. The minimum absolute atomic E-state index is 0.673. The van der Waals surface area contributed by atoms with Gasteiger partial charge in [0.2, 0.25) is 0 Å². The van der Waals surface area contributed by atoms with Gasteiger partial charge in [0.05, 0.1) is 16.9 Å². The Labute approximate surface area is 104 Å². The second-order valence-corrected chi connectivity index (χ2v) is 4.42. The first kappa shape index (κ1) is 10.4. The van der Waals surface area contributed by atoms with E-state index in [9.17, 15) is 0 Å². The van der Waals surface area contributed by atoms with E-state index in [1.54, 1.807) is 0 Å². The van der Waals surface area contributed by atoms with Crippen molar-refractivity contribution in [2.24, 2.45) is 0 Å². The molecule has 0 saturated heterocycles. The first-order valence-electron chi connectivity index (χ1n) is 5.45. The zero-order valence-corrected chi connectivity index (χ0v) is 10.1. The molecule has 84 valence electrons. The summed E-state index contributed by atoms with van der Waals surface area (Å²) in [6.45, 7) is 2.10. The maximum absolute atomic E-state index is 6.11. The predicted molar refractivity (Wildman–Crippen MR) is 70.4 cm³/mol. The van der Waals surface area contributed by atoms with Crippen LogP contribution in [0.4, 0.5) is 0 Å². The van der Waals surface area contributed by atoms with E-state index in [1.807, 2.05) is 41.1 Å². The van der Waals surface area contributed by atoms with Crippen molar-refractivity contribution in [2.75, 3.05) is 0 Å². The number of hydrogen-bond acceptors (Lipinski definition) is 1. The Morgan fingerprint density at radius 2 is 1.94 bits per heavy atom. The van der Waals surface area contributed by atoms with Crippen LogP contribution >= 0.6 is 11.6 Å². The maximum atomic E-state index is 6.11. The smallest absolute Gasteiger partial charge is 0.156 e. The quantitative estimate of drug-likeness (QED) is 0.631. The van der Waals surface area contributed by atoms with Gasteiger partial charge in [-0.15, -0.1) is 0 Å². The summed E-state index contributed by atoms with van der Waals surface area (Å²) >= 11 is 6.11. The van der Waals surface area contributed by atoms with Crippen LogP contribution in [0.1, 0.15) is 5.56 Å². The second kappa shape index (κ2) is 3.90. The first-order valence-corrected chi connectivity index (χ1v) is 5.83.